The summed E-state index contributed by atoms with van der Waals surface area (Å²) in [6.45, 7) is 11.7. The monoisotopic (exact) mass is 492 g/mol. The number of nitrogens with zero attached hydrogens (tertiary/aromatic N) is 4. The van der Waals surface area contributed by atoms with Crippen molar-refractivity contribution in [2.24, 2.45) is 0 Å². The molecule has 1 atom stereocenters. The van der Waals surface area contributed by atoms with E-state index in [1.54, 1.807) is 0 Å². The van der Waals surface area contributed by atoms with E-state index < -0.39 is 7.92 Å². The molecule has 0 amide bonds. The molecule has 36 heavy (non-hydrogen) atoms. The zero-order valence-electron chi connectivity index (χ0n) is 21.6. The lowest BCUT2D eigenvalue weighted by molar-refractivity contribution is 0.771. The summed E-state index contributed by atoms with van der Waals surface area (Å²) >= 11 is 0. The molecule has 0 fully saturated rings. The van der Waals surface area contributed by atoms with Crippen molar-refractivity contribution in [3.05, 3.63) is 103 Å². The minimum absolute atomic E-state index is 0.135. The van der Waals surface area contributed by atoms with E-state index >= 15 is 0 Å². The third-order valence-corrected chi connectivity index (χ3v) is 9.59. The minimum Gasteiger partial charge on any atom is -0.230 e. The van der Waals surface area contributed by atoms with Crippen LogP contribution in [0.5, 0.6) is 0 Å². The Morgan fingerprint density at radius 3 is 1.81 bits per heavy atom. The van der Waals surface area contributed by atoms with Crippen molar-refractivity contribution in [3.8, 4) is 33.9 Å². The third-order valence-electron chi connectivity index (χ3n) is 6.28. The van der Waals surface area contributed by atoms with Gasteiger partial charge in [-0.25, -0.2) is 9.36 Å². The highest BCUT2D eigenvalue weighted by atomic mass is 31.1. The molecular formula is C31H33N4P. The number of para-hydroxylation sites is 1. The molecule has 5 aromatic rings. The van der Waals surface area contributed by atoms with Gasteiger partial charge in [-0.3, -0.25) is 0 Å². The first kappa shape index (κ1) is 24.2. The maximum absolute atomic E-state index is 5.25. The zero-order valence-corrected chi connectivity index (χ0v) is 22.5. The van der Waals surface area contributed by atoms with E-state index in [0.29, 0.717) is 5.66 Å². The van der Waals surface area contributed by atoms with Crippen molar-refractivity contribution >= 4 is 13.4 Å². The molecule has 182 valence electrons. The van der Waals surface area contributed by atoms with Gasteiger partial charge < -0.3 is 0 Å². The van der Waals surface area contributed by atoms with Crippen LogP contribution in [0.1, 0.15) is 34.6 Å². The maximum atomic E-state index is 5.25. The van der Waals surface area contributed by atoms with Crippen molar-refractivity contribution < 1.29 is 0 Å². The number of hydrogen-bond donors (Lipinski definition) is 0. The van der Waals surface area contributed by atoms with Crippen LogP contribution in [0.4, 0.5) is 0 Å². The molecule has 5 heteroatoms. The van der Waals surface area contributed by atoms with Gasteiger partial charge in [-0.1, -0.05) is 113 Å². The number of aromatic nitrogens is 4. The number of hydrogen-bond acceptors (Lipinski definition) is 2. The molecule has 2 aromatic heterocycles. The van der Waals surface area contributed by atoms with Gasteiger partial charge in [0.2, 0.25) is 0 Å². The Bertz CT molecular complexity index is 1430. The quantitative estimate of drug-likeness (QED) is 0.228. The summed E-state index contributed by atoms with van der Waals surface area (Å²) in [5.41, 5.74) is 7.98. The number of benzene rings is 3. The van der Waals surface area contributed by atoms with E-state index in [-0.39, 0.29) is 5.16 Å². The van der Waals surface area contributed by atoms with Crippen LogP contribution in [0.15, 0.2) is 103 Å². The van der Waals surface area contributed by atoms with Gasteiger partial charge in [0, 0.05) is 11.1 Å². The van der Waals surface area contributed by atoms with E-state index in [9.17, 15) is 0 Å². The maximum Gasteiger partial charge on any atom is 0.120 e. The Kier molecular flexibility index (Phi) is 6.64. The van der Waals surface area contributed by atoms with Crippen LogP contribution in [0, 0.1) is 0 Å². The predicted molar refractivity (Wildman–Crippen MR) is 153 cm³/mol. The topological polar surface area (TPSA) is 35.6 Å². The zero-order chi connectivity index (χ0) is 25.3. The fraction of sp³-hybridized carbons (Fsp3) is 0.226. The van der Waals surface area contributed by atoms with Gasteiger partial charge >= 0.3 is 0 Å². The molecule has 0 aliphatic rings. The molecule has 5 rings (SSSR count). The van der Waals surface area contributed by atoms with Crippen LogP contribution in [0.25, 0.3) is 33.9 Å². The molecule has 0 saturated heterocycles. The van der Waals surface area contributed by atoms with E-state index in [2.05, 4.69) is 129 Å². The first-order valence-corrected chi connectivity index (χ1v) is 13.9. The Hall–Kier alpha value is -3.49. The van der Waals surface area contributed by atoms with Crippen molar-refractivity contribution in [2.75, 3.05) is 0 Å². The second-order valence-electron chi connectivity index (χ2n) is 10.3. The predicted octanol–water partition coefficient (Wildman–Crippen LogP) is 7.71. The van der Waals surface area contributed by atoms with Crippen molar-refractivity contribution in [1.82, 2.24) is 19.6 Å². The minimum atomic E-state index is -0.507. The molecule has 0 radical (unpaired) electrons. The van der Waals surface area contributed by atoms with Crippen LogP contribution in [-0.2, 0) is 0 Å². The Morgan fingerprint density at radius 2 is 1.25 bits per heavy atom. The summed E-state index contributed by atoms with van der Waals surface area (Å²) in [6, 6.07) is 33.6. The third kappa shape index (κ3) is 4.54. The lowest BCUT2D eigenvalue weighted by Crippen LogP contribution is -2.29. The second kappa shape index (κ2) is 9.87. The molecule has 2 heterocycles. The van der Waals surface area contributed by atoms with Crippen LogP contribution >= 0.6 is 7.92 Å². The number of rotatable bonds is 6. The lowest BCUT2D eigenvalue weighted by atomic mass is 10.1. The van der Waals surface area contributed by atoms with Crippen molar-refractivity contribution in [1.29, 1.82) is 0 Å². The highest BCUT2D eigenvalue weighted by molar-refractivity contribution is 7.67. The van der Waals surface area contributed by atoms with Gasteiger partial charge in [0.1, 0.15) is 17.1 Å². The highest BCUT2D eigenvalue weighted by Crippen LogP contribution is 2.53. The van der Waals surface area contributed by atoms with Crippen LogP contribution in [0.2, 0.25) is 0 Å². The first-order chi connectivity index (χ1) is 17.4. The van der Waals surface area contributed by atoms with Gasteiger partial charge in [-0.2, -0.15) is 10.2 Å². The fourth-order valence-corrected chi connectivity index (χ4v) is 8.39. The summed E-state index contributed by atoms with van der Waals surface area (Å²) in [6.07, 6.45) is 1.95. The molecule has 0 N–H and O–H groups in total. The molecular weight excluding hydrogens is 459 g/mol. The highest BCUT2D eigenvalue weighted by Gasteiger charge is 2.33. The molecule has 0 saturated carbocycles. The van der Waals surface area contributed by atoms with E-state index in [1.165, 1.54) is 5.44 Å². The molecule has 0 aliphatic heterocycles. The van der Waals surface area contributed by atoms with Gasteiger partial charge in [0.05, 0.1) is 17.3 Å². The lowest BCUT2D eigenvalue weighted by Gasteiger charge is -2.35. The SMILES string of the molecule is CC(C)P(c1ccnn1-c1c(-c2ccccc2)nn(-c2ccccc2)c1-c1ccccc1)C(C)(C)C. The summed E-state index contributed by atoms with van der Waals surface area (Å²) in [5, 5.41) is 10.4. The largest absolute Gasteiger partial charge is 0.230 e. The van der Waals surface area contributed by atoms with Crippen LogP contribution < -0.4 is 5.44 Å². The summed E-state index contributed by atoms with van der Waals surface area (Å²) in [4.78, 5) is 0. The second-order valence-corrected chi connectivity index (χ2v) is 13.8. The Morgan fingerprint density at radius 1 is 0.694 bits per heavy atom. The van der Waals surface area contributed by atoms with Gasteiger partial charge in [0.15, 0.2) is 0 Å². The molecule has 0 spiro atoms. The smallest absolute Gasteiger partial charge is 0.120 e. The van der Waals surface area contributed by atoms with E-state index in [4.69, 9.17) is 10.2 Å². The summed E-state index contributed by atoms with van der Waals surface area (Å²) in [7, 11) is -0.507. The van der Waals surface area contributed by atoms with Gasteiger partial charge in [0.25, 0.3) is 0 Å². The van der Waals surface area contributed by atoms with Crippen molar-refractivity contribution in [2.45, 2.75) is 45.4 Å². The molecule has 1 unspecified atom stereocenters. The van der Waals surface area contributed by atoms with Crippen molar-refractivity contribution in [3.63, 3.8) is 0 Å². The standard InChI is InChI=1S/C31H33N4P/c1-23(2)36(31(3,4)5)27-21-22-32-35(27)30-28(24-15-9-6-10-16-24)33-34(26-19-13-8-14-20-26)29(30)25-17-11-7-12-18-25/h6-23H,1-5H3. The summed E-state index contributed by atoms with van der Waals surface area (Å²) < 4.78 is 4.25. The average molecular weight is 493 g/mol. The summed E-state index contributed by atoms with van der Waals surface area (Å²) in [5.74, 6) is 0. The first-order valence-electron chi connectivity index (χ1n) is 12.5. The molecule has 4 nitrogen and oxygen atoms in total. The van der Waals surface area contributed by atoms with Gasteiger partial charge in [-0.15, -0.1) is 0 Å². The normalized spacial score (nSPS) is 12.7. The van der Waals surface area contributed by atoms with E-state index in [0.717, 1.165) is 33.9 Å². The van der Waals surface area contributed by atoms with E-state index in [1.807, 2.05) is 18.3 Å². The fourth-order valence-electron chi connectivity index (χ4n) is 5.05. The molecule has 3 aromatic carbocycles. The molecule has 0 aliphatic carbocycles. The van der Waals surface area contributed by atoms with Crippen LogP contribution in [-0.4, -0.2) is 30.4 Å². The van der Waals surface area contributed by atoms with Crippen LogP contribution in [0.3, 0.4) is 0 Å². The average Bonchev–Trinajstić information content (AvgIpc) is 3.49. The van der Waals surface area contributed by atoms with Gasteiger partial charge in [-0.05, 0) is 36.9 Å². The Labute approximate surface area is 215 Å². The molecule has 0 bridgehead atoms. The Balaban J connectivity index is 1.88.